The highest BCUT2D eigenvalue weighted by Crippen LogP contribution is 2.18. The van der Waals surface area contributed by atoms with E-state index >= 15 is 0 Å². The number of benzene rings is 1. The van der Waals surface area contributed by atoms with E-state index in [2.05, 4.69) is 48.3 Å². The largest absolute Gasteiger partial charge is 0.330 e. The van der Waals surface area contributed by atoms with Crippen LogP contribution in [0, 0.1) is 0 Å². The molecule has 102 valence electrons. The van der Waals surface area contributed by atoms with Crippen LogP contribution in [0.3, 0.4) is 0 Å². The highest BCUT2D eigenvalue weighted by Gasteiger charge is 2.04. The van der Waals surface area contributed by atoms with Crippen molar-refractivity contribution in [3.05, 3.63) is 47.7 Å². The average molecular weight is 278 g/mol. The van der Waals surface area contributed by atoms with E-state index in [4.69, 9.17) is 5.73 Å². The Labute approximate surface area is 120 Å². The van der Waals surface area contributed by atoms with Gasteiger partial charge in [-0.2, -0.15) is 10.2 Å². The van der Waals surface area contributed by atoms with Crippen molar-refractivity contribution in [3.63, 3.8) is 0 Å². The van der Waals surface area contributed by atoms with Crippen molar-refractivity contribution in [2.24, 2.45) is 5.73 Å². The minimum absolute atomic E-state index is 0. The Morgan fingerprint density at radius 3 is 2.16 bits per heavy atom. The predicted molar refractivity (Wildman–Crippen MR) is 81.6 cm³/mol. The summed E-state index contributed by atoms with van der Waals surface area (Å²) in [6.07, 6.45) is 0.915. The van der Waals surface area contributed by atoms with E-state index in [1.165, 1.54) is 5.56 Å². The third-order valence-corrected chi connectivity index (χ3v) is 2.96. The van der Waals surface area contributed by atoms with Crippen LogP contribution < -0.4 is 5.73 Å². The summed E-state index contributed by atoms with van der Waals surface area (Å²) in [5, 5.41) is 8.51. The highest BCUT2D eigenvalue weighted by atomic mass is 35.5. The first-order valence-corrected chi connectivity index (χ1v) is 6.33. The Morgan fingerprint density at radius 1 is 1.00 bits per heavy atom. The Balaban J connectivity index is 0.00000180. The quantitative estimate of drug-likeness (QED) is 0.934. The first kappa shape index (κ1) is 15.6. The van der Waals surface area contributed by atoms with E-state index in [0.29, 0.717) is 12.5 Å². The molecule has 0 saturated heterocycles. The fourth-order valence-corrected chi connectivity index (χ4v) is 1.81. The van der Waals surface area contributed by atoms with Crippen LogP contribution in [0.5, 0.6) is 0 Å². The first-order chi connectivity index (χ1) is 8.70. The summed E-state index contributed by atoms with van der Waals surface area (Å²) < 4.78 is 0. The van der Waals surface area contributed by atoms with Crippen molar-refractivity contribution in [1.29, 1.82) is 0 Å². The number of nitrogens with two attached hydrogens (primary N) is 1. The van der Waals surface area contributed by atoms with Gasteiger partial charge in [0.2, 0.25) is 0 Å². The van der Waals surface area contributed by atoms with Gasteiger partial charge in [-0.1, -0.05) is 38.1 Å². The standard InChI is InChI=1S/C15H19N3.ClH/c1-11(2)14-7-8-15(18-17-14)13-5-3-12(4-6-13)9-10-16;/h3-8,11H,9-10,16H2,1-2H3;1H. The van der Waals surface area contributed by atoms with Gasteiger partial charge in [-0.3, -0.25) is 0 Å². The lowest BCUT2D eigenvalue weighted by molar-refractivity contribution is 0.787. The smallest absolute Gasteiger partial charge is 0.0929 e. The van der Waals surface area contributed by atoms with Crippen LogP contribution in [-0.4, -0.2) is 16.7 Å². The van der Waals surface area contributed by atoms with Gasteiger partial charge in [0.05, 0.1) is 11.4 Å². The highest BCUT2D eigenvalue weighted by molar-refractivity contribution is 5.85. The van der Waals surface area contributed by atoms with E-state index in [-0.39, 0.29) is 12.4 Å². The molecule has 0 radical (unpaired) electrons. The molecule has 0 spiro atoms. The van der Waals surface area contributed by atoms with Crippen LogP contribution >= 0.6 is 12.4 Å². The number of hydrogen-bond acceptors (Lipinski definition) is 3. The molecule has 0 aliphatic rings. The Kier molecular flexibility index (Phi) is 5.93. The molecule has 0 unspecified atom stereocenters. The van der Waals surface area contributed by atoms with E-state index in [9.17, 15) is 0 Å². The number of rotatable bonds is 4. The maximum absolute atomic E-state index is 5.53. The number of nitrogens with zero attached hydrogens (tertiary/aromatic N) is 2. The SMILES string of the molecule is CC(C)c1ccc(-c2ccc(CCN)cc2)nn1.Cl. The molecule has 1 aromatic heterocycles. The Morgan fingerprint density at radius 2 is 1.68 bits per heavy atom. The summed E-state index contributed by atoms with van der Waals surface area (Å²) >= 11 is 0. The molecule has 1 aromatic carbocycles. The molecule has 0 saturated carbocycles. The van der Waals surface area contributed by atoms with Gasteiger partial charge in [0.15, 0.2) is 0 Å². The van der Waals surface area contributed by atoms with Gasteiger partial charge in [0, 0.05) is 5.56 Å². The molecule has 0 aliphatic heterocycles. The van der Waals surface area contributed by atoms with E-state index < -0.39 is 0 Å². The summed E-state index contributed by atoms with van der Waals surface area (Å²) in [6, 6.07) is 12.4. The average Bonchev–Trinajstić information content (AvgIpc) is 2.40. The van der Waals surface area contributed by atoms with Gasteiger partial charge in [0.25, 0.3) is 0 Å². The van der Waals surface area contributed by atoms with Gasteiger partial charge in [-0.05, 0) is 36.6 Å². The molecule has 4 heteroatoms. The summed E-state index contributed by atoms with van der Waals surface area (Å²) in [5.41, 5.74) is 9.83. The van der Waals surface area contributed by atoms with Crippen LogP contribution in [0.15, 0.2) is 36.4 Å². The molecule has 0 fully saturated rings. The van der Waals surface area contributed by atoms with Gasteiger partial charge < -0.3 is 5.73 Å². The minimum Gasteiger partial charge on any atom is -0.330 e. The Hall–Kier alpha value is -1.45. The fraction of sp³-hybridized carbons (Fsp3) is 0.333. The van der Waals surface area contributed by atoms with E-state index in [1.54, 1.807) is 0 Å². The molecule has 2 rings (SSSR count). The summed E-state index contributed by atoms with van der Waals surface area (Å²) in [5.74, 6) is 0.415. The molecular formula is C15H20ClN3. The second-order valence-electron chi connectivity index (χ2n) is 4.73. The zero-order chi connectivity index (χ0) is 13.0. The number of aromatic nitrogens is 2. The third-order valence-electron chi connectivity index (χ3n) is 2.96. The number of halogens is 1. The van der Waals surface area contributed by atoms with Crippen molar-refractivity contribution in [2.45, 2.75) is 26.2 Å². The van der Waals surface area contributed by atoms with Gasteiger partial charge in [-0.25, -0.2) is 0 Å². The molecule has 0 atom stereocenters. The monoisotopic (exact) mass is 277 g/mol. The second kappa shape index (κ2) is 7.22. The van der Waals surface area contributed by atoms with Crippen LogP contribution in [0.1, 0.15) is 31.0 Å². The van der Waals surface area contributed by atoms with E-state index in [0.717, 1.165) is 23.4 Å². The topological polar surface area (TPSA) is 51.8 Å². The second-order valence-corrected chi connectivity index (χ2v) is 4.73. The fourth-order valence-electron chi connectivity index (χ4n) is 1.81. The normalized spacial score (nSPS) is 10.3. The molecule has 3 nitrogen and oxygen atoms in total. The van der Waals surface area contributed by atoms with Crippen molar-refractivity contribution in [2.75, 3.05) is 6.54 Å². The molecular weight excluding hydrogens is 258 g/mol. The molecule has 0 aliphatic carbocycles. The zero-order valence-electron chi connectivity index (χ0n) is 11.3. The van der Waals surface area contributed by atoms with Gasteiger partial charge in [-0.15, -0.1) is 12.4 Å². The van der Waals surface area contributed by atoms with Gasteiger partial charge in [0.1, 0.15) is 0 Å². The van der Waals surface area contributed by atoms with Crippen molar-refractivity contribution in [1.82, 2.24) is 10.2 Å². The third kappa shape index (κ3) is 4.01. The zero-order valence-corrected chi connectivity index (χ0v) is 12.2. The molecule has 2 aromatic rings. The minimum atomic E-state index is 0. The molecule has 0 amide bonds. The summed E-state index contributed by atoms with van der Waals surface area (Å²) in [4.78, 5) is 0. The van der Waals surface area contributed by atoms with Crippen molar-refractivity contribution < 1.29 is 0 Å². The van der Waals surface area contributed by atoms with Crippen molar-refractivity contribution in [3.8, 4) is 11.3 Å². The van der Waals surface area contributed by atoms with Crippen molar-refractivity contribution >= 4 is 12.4 Å². The maximum atomic E-state index is 5.53. The Bertz CT molecular complexity index is 492. The summed E-state index contributed by atoms with van der Waals surface area (Å²) in [7, 11) is 0. The maximum Gasteiger partial charge on any atom is 0.0929 e. The lowest BCUT2D eigenvalue weighted by Gasteiger charge is -2.05. The molecule has 19 heavy (non-hydrogen) atoms. The molecule has 0 bridgehead atoms. The van der Waals surface area contributed by atoms with Crippen LogP contribution in [-0.2, 0) is 6.42 Å². The lowest BCUT2D eigenvalue weighted by atomic mass is 10.1. The van der Waals surface area contributed by atoms with E-state index in [1.807, 2.05) is 12.1 Å². The molecule has 2 N–H and O–H groups in total. The predicted octanol–water partition coefficient (Wildman–Crippen LogP) is 3.19. The van der Waals surface area contributed by atoms with Crippen LogP contribution in [0.2, 0.25) is 0 Å². The summed E-state index contributed by atoms with van der Waals surface area (Å²) in [6.45, 7) is 4.92. The van der Waals surface area contributed by atoms with Gasteiger partial charge >= 0.3 is 0 Å². The number of hydrogen-bond donors (Lipinski definition) is 1. The molecule has 1 heterocycles. The van der Waals surface area contributed by atoms with Crippen LogP contribution in [0.25, 0.3) is 11.3 Å². The lowest BCUT2D eigenvalue weighted by Crippen LogP contribution is -2.02. The first-order valence-electron chi connectivity index (χ1n) is 6.33. The van der Waals surface area contributed by atoms with Crippen LogP contribution in [0.4, 0.5) is 0 Å².